The van der Waals surface area contributed by atoms with Crippen LogP contribution in [0.15, 0.2) is 53.9 Å². The summed E-state index contributed by atoms with van der Waals surface area (Å²) < 4.78 is 0. The van der Waals surface area contributed by atoms with E-state index in [1.807, 2.05) is 5.38 Å². The molecule has 4 heteroatoms. The number of carbonyl (C=O) groups excluding carboxylic acids is 1. The Labute approximate surface area is 133 Å². The van der Waals surface area contributed by atoms with Crippen molar-refractivity contribution < 1.29 is 4.79 Å². The number of nitrogens with two attached hydrogens (primary N) is 1. The van der Waals surface area contributed by atoms with Gasteiger partial charge in [-0.15, -0.1) is 11.3 Å². The van der Waals surface area contributed by atoms with Gasteiger partial charge >= 0.3 is 0 Å². The number of anilines is 1. The average Bonchev–Trinajstić information content (AvgIpc) is 2.97. The molecule has 3 nitrogen and oxygen atoms in total. The number of ketones is 1. The Bertz CT molecular complexity index is 789. The summed E-state index contributed by atoms with van der Waals surface area (Å²) in [6, 6.07) is 15.2. The molecule has 0 fully saturated rings. The minimum Gasteiger partial charge on any atom is -0.399 e. The number of nitrogen functional groups attached to an aromatic ring is 1. The zero-order valence-corrected chi connectivity index (χ0v) is 13.1. The predicted octanol–water partition coefficient (Wildman–Crippen LogP) is 4.13. The van der Waals surface area contributed by atoms with E-state index in [4.69, 9.17) is 5.73 Å². The van der Waals surface area contributed by atoms with E-state index in [2.05, 4.69) is 36.2 Å². The van der Waals surface area contributed by atoms with Crippen LogP contribution in [-0.2, 0) is 6.42 Å². The molecule has 0 saturated heterocycles. The topological polar surface area (TPSA) is 56.0 Å². The number of aromatic nitrogens is 1. The fraction of sp³-hybridized carbons (Fsp3) is 0.111. The molecule has 0 spiro atoms. The van der Waals surface area contributed by atoms with Crippen molar-refractivity contribution in [2.24, 2.45) is 0 Å². The Hall–Kier alpha value is -2.46. The quantitative estimate of drug-likeness (QED) is 0.582. The molecule has 0 saturated carbocycles. The normalized spacial score (nSPS) is 10.6. The molecule has 0 aliphatic rings. The van der Waals surface area contributed by atoms with Crippen LogP contribution in [0.3, 0.4) is 0 Å². The summed E-state index contributed by atoms with van der Waals surface area (Å²) in [5.74, 6) is 0.0600. The van der Waals surface area contributed by atoms with E-state index in [0.717, 1.165) is 16.3 Å². The van der Waals surface area contributed by atoms with Crippen molar-refractivity contribution in [1.29, 1.82) is 0 Å². The largest absolute Gasteiger partial charge is 0.399 e. The lowest BCUT2D eigenvalue weighted by Crippen LogP contribution is -2.03. The average molecular weight is 308 g/mol. The van der Waals surface area contributed by atoms with Crippen molar-refractivity contribution >= 4 is 22.8 Å². The van der Waals surface area contributed by atoms with E-state index in [1.165, 1.54) is 16.9 Å². The lowest BCUT2D eigenvalue weighted by molar-refractivity contribution is 0.0993. The molecule has 0 unspecified atom stereocenters. The minimum absolute atomic E-state index is 0.0600. The first-order chi connectivity index (χ1) is 10.6. The van der Waals surface area contributed by atoms with E-state index >= 15 is 0 Å². The molecule has 0 aliphatic carbocycles. The number of aryl methyl sites for hydroxylation is 1. The van der Waals surface area contributed by atoms with Crippen molar-refractivity contribution in [3.05, 3.63) is 70.0 Å². The van der Waals surface area contributed by atoms with Gasteiger partial charge in [-0.2, -0.15) is 0 Å². The van der Waals surface area contributed by atoms with Gasteiger partial charge in [0.1, 0.15) is 5.01 Å². The van der Waals surface area contributed by atoms with Gasteiger partial charge in [0.05, 0.1) is 12.1 Å². The van der Waals surface area contributed by atoms with Crippen LogP contribution >= 0.6 is 11.3 Å². The van der Waals surface area contributed by atoms with Gasteiger partial charge in [0.25, 0.3) is 0 Å². The summed E-state index contributed by atoms with van der Waals surface area (Å²) in [5, 5.41) is 2.83. The van der Waals surface area contributed by atoms with Crippen molar-refractivity contribution in [1.82, 2.24) is 4.98 Å². The molecular formula is C18H16N2OS. The maximum Gasteiger partial charge on any atom is 0.169 e. The SMILES string of the molecule is Cc1ccc(-c2csc(CC(=O)c3ccc(N)cc3)n2)cc1. The van der Waals surface area contributed by atoms with Crippen LogP contribution < -0.4 is 5.73 Å². The van der Waals surface area contributed by atoms with Gasteiger partial charge in [-0.1, -0.05) is 29.8 Å². The number of hydrogen-bond acceptors (Lipinski definition) is 4. The highest BCUT2D eigenvalue weighted by Crippen LogP contribution is 2.23. The summed E-state index contributed by atoms with van der Waals surface area (Å²) in [6.07, 6.45) is 0.320. The van der Waals surface area contributed by atoms with Gasteiger partial charge in [-0.05, 0) is 31.2 Å². The van der Waals surface area contributed by atoms with E-state index in [0.29, 0.717) is 17.7 Å². The van der Waals surface area contributed by atoms with Crippen LogP contribution in [0.1, 0.15) is 20.9 Å². The molecule has 0 bridgehead atoms. The van der Waals surface area contributed by atoms with Crippen molar-refractivity contribution in [2.75, 3.05) is 5.73 Å². The van der Waals surface area contributed by atoms with Crippen molar-refractivity contribution in [3.8, 4) is 11.3 Å². The minimum atomic E-state index is 0.0600. The van der Waals surface area contributed by atoms with Gasteiger partial charge < -0.3 is 5.73 Å². The van der Waals surface area contributed by atoms with Crippen LogP contribution in [0.2, 0.25) is 0 Å². The standard InChI is InChI=1S/C18H16N2OS/c1-12-2-4-13(5-3-12)16-11-22-18(20-16)10-17(21)14-6-8-15(19)9-7-14/h2-9,11H,10,19H2,1H3. The van der Waals surface area contributed by atoms with Crippen LogP contribution in [0, 0.1) is 6.92 Å². The molecule has 0 aliphatic heterocycles. The number of thiazole rings is 1. The monoisotopic (exact) mass is 308 g/mol. The highest BCUT2D eigenvalue weighted by Gasteiger charge is 2.11. The molecule has 0 radical (unpaired) electrons. The van der Waals surface area contributed by atoms with E-state index in [1.54, 1.807) is 24.3 Å². The molecule has 22 heavy (non-hydrogen) atoms. The first-order valence-corrected chi connectivity index (χ1v) is 7.90. The number of rotatable bonds is 4. The number of hydrogen-bond donors (Lipinski definition) is 1. The fourth-order valence-corrected chi connectivity index (χ4v) is 2.96. The van der Waals surface area contributed by atoms with Crippen LogP contribution in [0.25, 0.3) is 11.3 Å². The molecule has 2 N–H and O–H groups in total. The third-order valence-corrected chi connectivity index (χ3v) is 4.29. The maximum absolute atomic E-state index is 12.2. The number of benzene rings is 2. The molecule has 0 amide bonds. The number of Topliss-reactive ketones (excluding diaryl/α,β-unsaturated/α-hetero) is 1. The van der Waals surface area contributed by atoms with Crippen molar-refractivity contribution in [3.63, 3.8) is 0 Å². The first kappa shape index (κ1) is 14.5. The highest BCUT2D eigenvalue weighted by atomic mass is 32.1. The van der Waals surface area contributed by atoms with Crippen LogP contribution in [-0.4, -0.2) is 10.8 Å². The Morgan fingerprint density at radius 2 is 1.77 bits per heavy atom. The smallest absolute Gasteiger partial charge is 0.169 e. The molecule has 3 rings (SSSR count). The molecule has 1 heterocycles. The second kappa shape index (κ2) is 6.12. The van der Waals surface area contributed by atoms with Crippen LogP contribution in [0.5, 0.6) is 0 Å². The summed E-state index contributed by atoms with van der Waals surface area (Å²) in [4.78, 5) is 16.8. The first-order valence-electron chi connectivity index (χ1n) is 7.02. The lowest BCUT2D eigenvalue weighted by Gasteiger charge is -2.00. The summed E-state index contributed by atoms with van der Waals surface area (Å²) in [5.41, 5.74) is 10.2. The summed E-state index contributed by atoms with van der Waals surface area (Å²) in [6.45, 7) is 2.06. The molecule has 3 aromatic rings. The van der Waals surface area contributed by atoms with Gasteiger partial charge in [0.2, 0.25) is 0 Å². The maximum atomic E-state index is 12.2. The zero-order valence-electron chi connectivity index (χ0n) is 12.2. The molecule has 110 valence electrons. The van der Waals surface area contributed by atoms with Crippen molar-refractivity contribution in [2.45, 2.75) is 13.3 Å². The van der Waals surface area contributed by atoms with E-state index in [-0.39, 0.29) is 5.78 Å². The second-order valence-corrected chi connectivity index (χ2v) is 6.16. The van der Waals surface area contributed by atoms with E-state index < -0.39 is 0 Å². The summed E-state index contributed by atoms with van der Waals surface area (Å²) >= 11 is 1.52. The third-order valence-electron chi connectivity index (χ3n) is 3.44. The Morgan fingerprint density at radius 3 is 2.45 bits per heavy atom. The molecule has 0 atom stereocenters. The molecule has 2 aromatic carbocycles. The van der Waals surface area contributed by atoms with Crippen LogP contribution in [0.4, 0.5) is 5.69 Å². The molecule has 1 aromatic heterocycles. The Morgan fingerprint density at radius 1 is 1.09 bits per heavy atom. The van der Waals surface area contributed by atoms with Gasteiger partial charge in [0.15, 0.2) is 5.78 Å². The Kier molecular flexibility index (Phi) is 4.02. The predicted molar refractivity (Wildman–Crippen MR) is 91.2 cm³/mol. The third kappa shape index (κ3) is 3.23. The number of nitrogens with zero attached hydrogens (tertiary/aromatic N) is 1. The Balaban J connectivity index is 1.75. The van der Waals surface area contributed by atoms with Gasteiger partial charge in [-0.3, -0.25) is 4.79 Å². The zero-order chi connectivity index (χ0) is 15.5. The second-order valence-electron chi connectivity index (χ2n) is 5.21. The number of carbonyl (C=O) groups is 1. The highest BCUT2D eigenvalue weighted by molar-refractivity contribution is 7.10. The fourth-order valence-electron chi connectivity index (χ4n) is 2.16. The van der Waals surface area contributed by atoms with Gasteiger partial charge in [0, 0.05) is 22.2 Å². The molecular weight excluding hydrogens is 292 g/mol. The van der Waals surface area contributed by atoms with E-state index in [9.17, 15) is 4.79 Å². The lowest BCUT2D eigenvalue weighted by atomic mass is 10.1. The van der Waals surface area contributed by atoms with Gasteiger partial charge in [-0.25, -0.2) is 4.98 Å². The summed E-state index contributed by atoms with van der Waals surface area (Å²) in [7, 11) is 0.